The summed E-state index contributed by atoms with van der Waals surface area (Å²) < 4.78 is 14.7. The minimum atomic E-state index is -0.984. The quantitative estimate of drug-likeness (QED) is 0.871. The van der Waals surface area contributed by atoms with E-state index in [2.05, 4.69) is 10.3 Å². The maximum absolute atomic E-state index is 13.4. The van der Waals surface area contributed by atoms with Crippen molar-refractivity contribution in [1.29, 1.82) is 0 Å². The summed E-state index contributed by atoms with van der Waals surface area (Å²) in [5.74, 6) is -1.35. The van der Waals surface area contributed by atoms with Crippen LogP contribution >= 0.6 is 0 Å². The number of benzene rings is 1. The number of hydrogen-bond acceptors (Lipinski definition) is 3. The molecule has 0 unspecified atom stereocenters. The highest BCUT2D eigenvalue weighted by Gasteiger charge is 2.13. The molecule has 1 aromatic heterocycles. The monoisotopic (exact) mass is 235 g/mol. The van der Waals surface area contributed by atoms with Crippen LogP contribution in [-0.2, 0) is 11.2 Å². The van der Waals surface area contributed by atoms with Gasteiger partial charge in [-0.1, -0.05) is 11.3 Å². The van der Waals surface area contributed by atoms with Gasteiger partial charge in [0.1, 0.15) is 5.82 Å². The Morgan fingerprint density at radius 3 is 3.00 bits per heavy atom. The standard InChI is InChI=1S/C11H10FN3O2/c1-7-9(12)3-2-4-10(7)15-8(5-11(16)17)6-13-14-15/h2-4,6H,5H2,1H3,(H,16,17). The third kappa shape index (κ3) is 2.15. The number of carboxylic acid groups (broad SMARTS) is 1. The molecule has 2 aromatic rings. The maximum Gasteiger partial charge on any atom is 0.309 e. The second kappa shape index (κ2) is 4.32. The Balaban J connectivity index is 2.50. The Bertz CT molecular complexity index is 566. The van der Waals surface area contributed by atoms with Gasteiger partial charge in [-0.05, 0) is 19.1 Å². The van der Waals surface area contributed by atoms with E-state index in [0.717, 1.165) is 0 Å². The molecular formula is C11H10FN3O2. The molecule has 0 spiro atoms. The Kier molecular flexibility index (Phi) is 2.86. The van der Waals surface area contributed by atoms with Crippen LogP contribution in [0.3, 0.4) is 0 Å². The summed E-state index contributed by atoms with van der Waals surface area (Å²) in [5, 5.41) is 16.2. The van der Waals surface area contributed by atoms with Gasteiger partial charge in [0.05, 0.1) is 24.0 Å². The van der Waals surface area contributed by atoms with Crippen molar-refractivity contribution >= 4 is 5.97 Å². The lowest BCUT2D eigenvalue weighted by Crippen LogP contribution is -2.09. The van der Waals surface area contributed by atoms with E-state index in [0.29, 0.717) is 16.9 Å². The van der Waals surface area contributed by atoms with Gasteiger partial charge >= 0.3 is 5.97 Å². The molecule has 1 N–H and O–H groups in total. The fourth-order valence-electron chi connectivity index (χ4n) is 1.56. The van der Waals surface area contributed by atoms with Gasteiger partial charge in [0.15, 0.2) is 0 Å². The molecule has 0 amide bonds. The molecule has 88 valence electrons. The zero-order valence-electron chi connectivity index (χ0n) is 9.09. The van der Waals surface area contributed by atoms with Crippen molar-refractivity contribution in [2.45, 2.75) is 13.3 Å². The lowest BCUT2D eigenvalue weighted by atomic mass is 10.2. The molecule has 0 saturated carbocycles. The summed E-state index contributed by atoms with van der Waals surface area (Å²) in [7, 11) is 0. The van der Waals surface area contributed by atoms with Crippen LogP contribution in [0.1, 0.15) is 11.3 Å². The number of rotatable bonds is 3. The van der Waals surface area contributed by atoms with Gasteiger partial charge in [0.25, 0.3) is 0 Å². The third-order valence-corrected chi connectivity index (χ3v) is 2.42. The summed E-state index contributed by atoms with van der Waals surface area (Å²) in [6.45, 7) is 1.61. The molecule has 0 aliphatic heterocycles. The average Bonchev–Trinajstić information content (AvgIpc) is 2.69. The molecular weight excluding hydrogens is 225 g/mol. The minimum Gasteiger partial charge on any atom is -0.481 e. The highest BCUT2D eigenvalue weighted by molar-refractivity contribution is 5.69. The summed E-state index contributed by atoms with van der Waals surface area (Å²) in [6.07, 6.45) is 1.15. The van der Waals surface area contributed by atoms with E-state index in [1.165, 1.54) is 16.9 Å². The van der Waals surface area contributed by atoms with Crippen molar-refractivity contribution in [1.82, 2.24) is 15.0 Å². The maximum atomic E-state index is 13.4. The number of halogens is 1. The van der Waals surface area contributed by atoms with E-state index in [1.54, 1.807) is 19.1 Å². The van der Waals surface area contributed by atoms with Crippen LogP contribution in [0, 0.1) is 12.7 Å². The number of nitrogens with zero attached hydrogens (tertiary/aromatic N) is 3. The molecule has 0 aliphatic carbocycles. The topological polar surface area (TPSA) is 68.0 Å². The Morgan fingerprint density at radius 1 is 1.53 bits per heavy atom. The van der Waals surface area contributed by atoms with Gasteiger partial charge in [-0.15, -0.1) is 5.10 Å². The molecule has 2 rings (SSSR count). The van der Waals surface area contributed by atoms with Crippen LogP contribution in [0.5, 0.6) is 0 Å². The van der Waals surface area contributed by atoms with Crippen LogP contribution in [0.4, 0.5) is 4.39 Å². The van der Waals surface area contributed by atoms with E-state index in [4.69, 9.17) is 5.11 Å². The van der Waals surface area contributed by atoms with Crippen LogP contribution in [0.15, 0.2) is 24.4 Å². The second-order valence-electron chi connectivity index (χ2n) is 3.59. The molecule has 6 heteroatoms. The number of aromatic nitrogens is 3. The molecule has 0 aliphatic rings. The Morgan fingerprint density at radius 2 is 2.29 bits per heavy atom. The molecule has 0 radical (unpaired) electrons. The first kappa shape index (κ1) is 11.3. The van der Waals surface area contributed by atoms with Crippen LogP contribution < -0.4 is 0 Å². The van der Waals surface area contributed by atoms with E-state index in [1.807, 2.05) is 0 Å². The van der Waals surface area contributed by atoms with Crippen molar-refractivity contribution in [3.63, 3.8) is 0 Å². The van der Waals surface area contributed by atoms with Crippen molar-refractivity contribution in [2.24, 2.45) is 0 Å². The van der Waals surface area contributed by atoms with Crippen LogP contribution in [0.2, 0.25) is 0 Å². The first-order chi connectivity index (χ1) is 8.09. The average molecular weight is 235 g/mol. The summed E-state index contributed by atoms with van der Waals surface area (Å²) in [5.41, 5.74) is 1.31. The normalized spacial score (nSPS) is 10.5. The largest absolute Gasteiger partial charge is 0.481 e. The van der Waals surface area contributed by atoms with Gasteiger partial charge < -0.3 is 5.11 Å². The zero-order chi connectivity index (χ0) is 12.4. The summed E-state index contributed by atoms with van der Waals surface area (Å²) >= 11 is 0. The van der Waals surface area contributed by atoms with Crippen LogP contribution in [-0.4, -0.2) is 26.1 Å². The highest BCUT2D eigenvalue weighted by atomic mass is 19.1. The predicted molar refractivity (Wildman–Crippen MR) is 57.4 cm³/mol. The first-order valence-corrected chi connectivity index (χ1v) is 4.96. The molecule has 0 atom stereocenters. The van der Waals surface area contributed by atoms with Crippen LogP contribution in [0.25, 0.3) is 5.69 Å². The zero-order valence-corrected chi connectivity index (χ0v) is 9.09. The van der Waals surface area contributed by atoms with Crippen molar-refractivity contribution < 1.29 is 14.3 Å². The van der Waals surface area contributed by atoms with Gasteiger partial charge in [0.2, 0.25) is 0 Å². The Labute approximate surface area is 96.5 Å². The smallest absolute Gasteiger partial charge is 0.309 e. The number of carbonyl (C=O) groups is 1. The number of carboxylic acids is 1. The van der Waals surface area contributed by atoms with E-state index < -0.39 is 5.97 Å². The fraction of sp³-hybridized carbons (Fsp3) is 0.182. The lowest BCUT2D eigenvalue weighted by molar-refractivity contribution is -0.136. The summed E-state index contributed by atoms with van der Waals surface area (Å²) in [6, 6.07) is 4.55. The lowest BCUT2D eigenvalue weighted by Gasteiger charge is -2.08. The third-order valence-electron chi connectivity index (χ3n) is 2.42. The molecule has 1 aromatic carbocycles. The van der Waals surface area contributed by atoms with E-state index in [-0.39, 0.29) is 12.2 Å². The SMILES string of the molecule is Cc1c(F)cccc1-n1nncc1CC(=O)O. The molecule has 1 heterocycles. The first-order valence-electron chi connectivity index (χ1n) is 4.96. The molecule has 0 saturated heterocycles. The second-order valence-corrected chi connectivity index (χ2v) is 3.59. The number of aliphatic carboxylic acids is 1. The highest BCUT2D eigenvalue weighted by Crippen LogP contribution is 2.17. The van der Waals surface area contributed by atoms with Crippen molar-refractivity contribution in [3.05, 3.63) is 41.5 Å². The minimum absolute atomic E-state index is 0.205. The van der Waals surface area contributed by atoms with Crippen molar-refractivity contribution in [2.75, 3.05) is 0 Å². The predicted octanol–water partition coefficient (Wildman–Crippen LogP) is 1.34. The van der Waals surface area contributed by atoms with Gasteiger partial charge in [-0.25, -0.2) is 9.07 Å². The molecule has 17 heavy (non-hydrogen) atoms. The Hall–Kier alpha value is -2.24. The van der Waals surface area contributed by atoms with Gasteiger partial charge in [-0.3, -0.25) is 4.79 Å². The molecule has 5 nitrogen and oxygen atoms in total. The van der Waals surface area contributed by atoms with E-state index >= 15 is 0 Å². The fourth-order valence-corrected chi connectivity index (χ4v) is 1.56. The summed E-state index contributed by atoms with van der Waals surface area (Å²) in [4.78, 5) is 10.7. The molecule has 0 bridgehead atoms. The van der Waals surface area contributed by atoms with Gasteiger partial charge in [-0.2, -0.15) is 0 Å². The van der Waals surface area contributed by atoms with Gasteiger partial charge in [0, 0.05) is 5.56 Å². The van der Waals surface area contributed by atoms with E-state index in [9.17, 15) is 9.18 Å². The molecule has 0 fully saturated rings. The van der Waals surface area contributed by atoms with Crippen molar-refractivity contribution in [3.8, 4) is 5.69 Å². The number of hydrogen-bond donors (Lipinski definition) is 1.